The molecule has 3 aromatic heterocycles. The SMILES string of the molecule is O=C(CC[C@@H](Cc1ccc(O)cc1)n1nncc1CNS(=O)(=O)c1ccc(-c2ccccn2)s1)NO. The van der Waals surface area contributed by atoms with E-state index in [1.165, 1.54) is 12.3 Å². The van der Waals surface area contributed by atoms with Gasteiger partial charge in [-0.3, -0.25) is 15.0 Å². The van der Waals surface area contributed by atoms with Crippen molar-refractivity contribution in [2.24, 2.45) is 0 Å². The topological polar surface area (TPSA) is 159 Å². The molecule has 3 heterocycles. The maximum atomic E-state index is 13.0. The molecule has 0 spiro atoms. The van der Waals surface area contributed by atoms with Gasteiger partial charge in [-0.15, -0.1) is 16.4 Å². The fraction of sp³-hybridized carbons (Fsp3) is 0.217. The van der Waals surface area contributed by atoms with Crippen molar-refractivity contribution >= 4 is 27.3 Å². The van der Waals surface area contributed by atoms with Gasteiger partial charge >= 0.3 is 0 Å². The molecule has 1 atom stereocenters. The second kappa shape index (κ2) is 11.4. The minimum absolute atomic E-state index is 0.0236. The summed E-state index contributed by atoms with van der Waals surface area (Å²) in [6, 6.07) is 15.0. The fourth-order valence-corrected chi connectivity index (χ4v) is 5.94. The summed E-state index contributed by atoms with van der Waals surface area (Å²) < 4.78 is 30.2. The third-order valence-corrected chi connectivity index (χ3v) is 8.44. The van der Waals surface area contributed by atoms with Gasteiger partial charge in [-0.05, 0) is 54.8 Å². The molecule has 0 aliphatic rings. The van der Waals surface area contributed by atoms with Crippen LogP contribution in [0.5, 0.6) is 5.75 Å². The highest BCUT2D eigenvalue weighted by Crippen LogP contribution is 2.29. The first-order valence-electron chi connectivity index (χ1n) is 11.0. The largest absolute Gasteiger partial charge is 0.508 e. The lowest BCUT2D eigenvalue weighted by Gasteiger charge is -2.19. The first-order chi connectivity index (χ1) is 17.4. The monoisotopic (exact) mass is 528 g/mol. The van der Waals surface area contributed by atoms with Crippen LogP contribution in [0.4, 0.5) is 0 Å². The maximum absolute atomic E-state index is 13.0. The number of pyridine rings is 1. The second-order valence-electron chi connectivity index (χ2n) is 7.93. The van der Waals surface area contributed by atoms with Crippen LogP contribution in [0.2, 0.25) is 0 Å². The average Bonchev–Trinajstić information content (AvgIpc) is 3.57. The molecule has 0 bridgehead atoms. The van der Waals surface area contributed by atoms with Crippen LogP contribution in [0.15, 0.2) is 71.2 Å². The number of aromatic hydroxyl groups is 1. The third kappa shape index (κ3) is 6.31. The minimum atomic E-state index is -3.81. The molecule has 4 N–H and O–H groups in total. The summed E-state index contributed by atoms with van der Waals surface area (Å²) in [5.41, 5.74) is 3.69. The lowest BCUT2D eigenvalue weighted by Crippen LogP contribution is -2.26. The van der Waals surface area contributed by atoms with E-state index < -0.39 is 15.9 Å². The summed E-state index contributed by atoms with van der Waals surface area (Å²) in [7, 11) is -3.81. The van der Waals surface area contributed by atoms with E-state index >= 15 is 0 Å². The predicted octanol–water partition coefficient (Wildman–Crippen LogP) is 2.66. The Morgan fingerprint density at radius 2 is 1.92 bits per heavy atom. The number of carbonyl (C=O) groups is 1. The van der Waals surface area contributed by atoms with E-state index in [4.69, 9.17) is 5.21 Å². The van der Waals surface area contributed by atoms with E-state index in [1.807, 2.05) is 12.1 Å². The fourth-order valence-electron chi connectivity index (χ4n) is 3.62. The lowest BCUT2D eigenvalue weighted by atomic mass is 10.0. The van der Waals surface area contributed by atoms with Crippen molar-refractivity contribution in [3.8, 4) is 16.3 Å². The highest BCUT2D eigenvalue weighted by atomic mass is 32.2. The molecule has 0 fully saturated rings. The second-order valence-corrected chi connectivity index (χ2v) is 11.0. The van der Waals surface area contributed by atoms with Crippen LogP contribution in [0, 0.1) is 0 Å². The molecule has 36 heavy (non-hydrogen) atoms. The molecule has 11 nitrogen and oxygen atoms in total. The lowest BCUT2D eigenvalue weighted by molar-refractivity contribution is -0.129. The minimum Gasteiger partial charge on any atom is -0.508 e. The smallest absolute Gasteiger partial charge is 0.250 e. The normalized spacial score (nSPS) is 12.4. The van der Waals surface area contributed by atoms with Gasteiger partial charge in [-0.25, -0.2) is 23.3 Å². The number of thiophene rings is 1. The number of carbonyl (C=O) groups excluding carboxylic acids is 1. The van der Waals surface area contributed by atoms with Crippen LogP contribution in [-0.2, 0) is 27.8 Å². The molecule has 188 valence electrons. The molecule has 0 saturated heterocycles. The number of hydroxylamine groups is 1. The number of aromatic nitrogens is 4. The molecule has 0 radical (unpaired) electrons. The molecule has 4 rings (SSSR count). The molecule has 0 aliphatic heterocycles. The number of phenols is 1. The van der Waals surface area contributed by atoms with Gasteiger partial charge in [-0.2, -0.15) is 0 Å². The first kappa shape index (κ1) is 25.4. The number of rotatable bonds is 11. The third-order valence-electron chi connectivity index (χ3n) is 5.44. The van der Waals surface area contributed by atoms with Crippen molar-refractivity contribution in [2.75, 3.05) is 0 Å². The Bertz CT molecular complexity index is 1400. The highest BCUT2D eigenvalue weighted by Gasteiger charge is 2.22. The number of sulfonamides is 1. The number of amides is 1. The van der Waals surface area contributed by atoms with Crippen LogP contribution >= 0.6 is 11.3 Å². The van der Waals surface area contributed by atoms with Gasteiger partial charge in [0.2, 0.25) is 15.9 Å². The zero-order chi connectivity index (χ0) is 25.5. The quantitative estimate of drug-likeness (QED) is 0.171. The number of hydrogen-bond acceptors (Lipinski definition) is 9. The van der Waals surface area contributed by atoms with E-state index in [0.29, 0.717) is 24.2 Å². The van der Waals surface area contributed by atoms with Crippen LogP contribution in [0.1, 0.15) is 30.1 Å². The Morgan fingerprint density at radius 3 is 2.64 bits per heavy atom. The van der Waals surface area contributed by atoms with Crippen molar-refractivity contribution in [3.63, 3.8) is 0 Å². The Hall–Kier alpha value is -3.65. The molecular weight excluding hydrogens is 504 g/mol. The number of hydrogen-bond donors (Lipinski definition) is 4. The maximum Gasteiger partial charge on any atom is 0.250 e. The molecule has 1 amide bonds. The zero-order valence-corrected chi connectivity index (χ0v) is 20.6. The molecule has 4 aromatic rings. The predicted molar refractivity (Wildman–Crippen MR) is 132 cm³/mol. The molecular formula is C23H24N6O5S2. The molecule has 0 saturated carbocycles. The summed E-state index contributed by atoms with van der Waals surface area (Å²) in [6.07, 6.45) is 3.89. The van der Waals surface area contributed by atoms with Crippen molar-refractivity contribution < 1.29 is 23.5 Å². The average molecular weight is 529 g/mol. The zero-order valence-electron chi connectivity index (χ0n) is 19.0. The number of nitrogens with zero attached hydrogens (tertiary/aromatic N) is 4. The Labute approximate surface area is 211 Å². The summed E-state index contributed by atoms with van der Waals surface area (Å²) >= 11 is 1.12. The summed E-state index contributed by atoms with van der Waals surface area (Å²) in [5, 5.41) is 26.5. The van der Waals surface area contributed by atoms with E-state index in [2.05, 4.69) is 20.0 Å². The van der Waals surface area contributed by atoms with E-state index in [-0.39, 0.29) is 29.0 Å². The van der Waals surface area contributed by atoms with Gasteiger partial charge in [0.1, 0.15) is 9.96 Å². The van der Waals surface area contributed by atoms with Crippen molar-refractivity contribution in [2.45, 2.75) is 36.1 Å². The van der Waals surface area contributed by atoms with Crippen molar-refractivity contribution in [1.29, 1.82) is 0 Å². The summed E-state index contributed by atoms with van der Waals surface area (Å²) in [4.78, 5) is 16.6. The number of phenolic OH excluding ortho intramolecular Hbond substituents is 1. The van der Waals surface area contributed by atoms with Crippen LogP contribution in [-0.4, -0.2) is 44.6 Å². The van der Waals surface area contributed by atoms with Crippen molar-refractivity contribution in [3.05, 3.63) is 78.2 Å². The summed E-state index contributed by atoms with van der Waals surface area (Å²) in [5.74, 6) is -0.417. The number of nitrogens with one attached hydrogen (secondary N) is 2. The van der Waals surface area contributed by atoms with E-state index in [0.717, 1.165) is 21.8 Å². The highest BCUT2D eigenvalue weighted by molar-refractivity contribution is 7.91. The van der Waals surface area contributed by atoms with Gasteiger partial charge in [-0.1, -0.05) is 23.4 Å². The van der Waals surface area contributed by atoms with Crippen LogP contribution in [0.25, 0.3) is 10.6 Å². The van der Waals surface area contributed by atoms with Crippen molar-refractivity contribution in [1.82, 2.24) is 30.2 Å². The van der Waals surface area contributed by atoms with Gasteiger partial charge in [0.15, 0.2) is 0 Å². The van der Waals surface area contributed by atoms with E-state index in [1.54, 1.807) is 52.8 Å². The van der Waals surface area contributed by atoms with Gasteiger partial charge in [0, 0.05) is 12.6 Å². The molecule has 13 heteroatoms. The molecule has 0 unspecified atom stereocenters. The Morgan fingerprint density at radius 1 is 1.11 bits per heavy atom. The standard InChI is InChI=1S/C23H24N6O5S2/c30-19-7-4-16(5-8-19)13-17(6-10-22(31)27-32)29-18(14-25-28-29)15-26-36(33,34)23-11-9-21(35-23)20-3-1-2-12-24-20/h1-5,7-9,11-12,14,17,26,30,32H,6,10,13,15H2,(H,27,31)/t17-/m0/s1. The first-order valence-corrected chi connectivity index (χ1v) is 13.3. The van der Waals surface area contributed by atoms with Gasteiger partial charge in [0.25, 0.3) is 0 Å². The van der Waals surface area contributed by atoms with Gasteiger partial charge in [0.05, 0.1) is 35.0 Å². The van der Waals surface area contributed by atoms with Crippen LogP contribution in [0.3, 0.4) is 0 Å². The molecule has 0 aliphatic carbocycles. The van der Waals surface area contributed by atoms with Crippen LogP contribution < -0.4 is 10.2 Å². The number of benzene rings is 1. The van der Waals surface area contributed by atoms with E-state index in [9.17, 15) is 18.3 Å². The molecule has 1 aromatic carbocycles. The van der Waals surface area contributed by atoms with Gasteiger partial charge < -0.3 is 5.11 Å². The summed E-state index contributed by atoms with van der Waals surface area (Å²) in [6.45, 7) is -0.0651. The Balaban J connectivity index is 1.50. The Kier molecular flexibility index (Phi) is 8.05.